The Morgan fingerprint density at radius 3 is 2.03 bits per heavy atom. The first-order valence-electron chi connectivity index (χ1n) is 12.2. The number of benzene rings is 4. The lowest BCUT2D eigenvalue weighted by Gasteiger charge is -2.13. The first-order chi connectivity index (χ1) is 18.3. The van der Waals surface area contributed by atoms with Crippen LogP contribution in [0.3, 0.4) is 0 Å². The van der Waals surface area contributed by atoms with E-state index in [0.29, 0.717) is 5.82 Å². The Labute approximate surface area is 218 Å². The normalized spacial score (nSPS) is 11.2. The lowest BCUT2D eigenvalue weighted by molar-refractivity contribution is 1.19. The van der Waals surface area contributed by atoms with E-state index in [1.165, 1.54) is 20.2 Å². The second kappa shape index (κ2) is 9.08. The monoisotopic (exact) mass is 491 g/mol. The molecular formula is C33H21N3S. The van der Waals surface area contributed by atoms with Crippen LogP contribution in [0.25, 0.3) is 65.2 Å². The summed E-state index contributed by atoms with van der Waals surface area (Å²) in [5.74, 6) is 0.710. The molecular weight excluding hydrogens is 470 g/mol. The van der Waals surface area contributed by atoms with Gasteiger partial charge in [-0.15, -0.1) is 11.3 Å². The summed E-state index contributed by atoms with van der Waals surface area (Å²) in [7, 11) is 0. The van der Waals surface area contributed by atoms with Gasteiger partial charge in [0.15, 0.2) is 5.82 Å². The molecule has 3 heterocycles. The average molecular weight is 492 g/mol. The number of aromatic nitrogens is 3. The molecule has 0 saturated heterocycles. The fraction of sp³-hybridized carbons (Fsp3) is 0. The fourth-order valence-electron chi connectivity index (χ4n) is 4.87. The molecule has 0 spiro atoms. The summed E-state index contributed by atoms with van der Waals surface area (Å²) < 4.78 is 2.53. The van der Waals surface area contributed by atoms with Crippen molar-refractivity contribution in [2.24, 2.45) is 0 Å². The van der Waals surface area contributed by atoms with Crippen molar-refractivity contribution in [1.82, 2.24) is 15.0 Å². The van der Waals surface area contributed by atoms with Gasteiger partial charge in [-0.3, -0.25) is 4.98 Å². The Morgan fingerprint density at radius 1 is 0.486 bits per heavy atom. The van der Waals surface area contributed by atoms with Gasteiger partial charge in [-0.1, -0.05) is 91.0 Å². The van der Waals surface area contributed by atoms with E-state index in [1.54, 1.807) is 0 Å². The minimum Gasteiger partial charge on any atom is -0.265 e. The molecule has 0 aliphatic carbocycles. The van der Waals surface area contributed by atoms with Crippen molar-refractivity contribution in [3.05, 3.63) is 128 Å². The van der Waals surface area contributed by atoms with Crippen LogP contribution in [0.2, 0.25) is 0 Å². The highest BCUT2D eigenvalue weighted by Gasteiger charge is 2.17. The molecule has 0 saturated carbocycles. The number of thiophene rings is 1. The van der Waals surface area contributed by atoms with Gasteiger partial charge in [0, 0.05) is 49.3 Å². The van der Waals surface area contributed by atoms with Gasteiger partial charge in [-0.05, 0) is 35.4 Å². The highest BCUT2D eigenvalue weighted by molar-refractivity contribution is 7.26. The van der Waals surface area contributed by atoms with Crippen LogP contribution in [0.15, 0.2) is 128 Å². The van der Waals surface area contributed by atoms with Gasteiger partial charge in [0.05, 0.1) is 11.4 Å². The van der Waals surface area contributed by atoms with Crippen LogP contribution in [-0.2, 0) is 0 Å². The smallest absolute Gasteiger partial charge is 0.161 e. The van der Waals surface area contributed by atoms with Crippen LogP contribution in [-0.4, -0.2) is 15.0 Å². The molecule has 7 rings (SSSR count). The Hall–Kier alpha value is -4.67. The van der Waals surface area contributed by atoms with E-state index in [0.717, 1.165) is 39.2 Å². The Kier molecular flexibility index (Phi) is 5.30. The quantitative estimate of drug-likeness (QED) is 0.247. The third-order valence-electron chi connectivity index (χ3n) is 6.64. The zero-order valence-corrected chi connectivity index (χ0v) is 20.7. The summed E-state index contributed by atoms with van der Waals surface area (Å²) in [6, 6.07) is 39.9. The summed E-state index contributed by atoms with van der Waals surface area (Å²) in [5.41, 5.74) is 7.19. The molecule has 7 aromatic rings. The molecule has 0 bridgehead atoms. The fourth-order valence-corrected chi connectivity index (χ4v) is 6.10. The molecule has 0 unspecified atom stereocenters. The first-order valence-corrected chi connectivity index (χ1v) is 13.0. The summed E-state index contributed by atoms with van der Waals surface area (Å²) in [6.07, 6.45) is 3.64. The highest BCUT2D eigenvalue weighted by atomic mass is 32.1. The van der Waals surface area contributed by atoms with E-state index in [2.05, 4.69) is 96.0 Å². The number of pyridine rings is 1. The third-order valence-corrected chi connectivity index (χ3v) is 7.86. The van der Waals surface area contributed by atoms with Gasteiger partial charge in [-0.25, -0.2) is 9.97 Å². The minimum absolute atomic E-state index is 0.710. The zero-order valence-electron chi connectivity index (χ0n) is 19.9. The SMILES string of the molecule is c1ccc(-c2cc(-c3cccc4c3sc3ccccc34)nc(-c3ccccc3-c3ccncc3)n2)cc1. The van der Waals surface area contributed by atoms with Crippen molar-refractivity contribution in [2.75, 3.05) is 0 Å². The Balaban J connectivity index is 1.50. The van der Waals surface area contributed by atoms with Gasteiger partial charge in [0.25, 0.3) is 0 Å². The highest BCUT2D eigenvalue weighted by Crippen LogP contribution is 2.40. The van der Waals surface area contributed by atoms with E-state index in [4.69, 9.17) is 9.97 Å². The van der Waals surface area contributed by atoms with Crippen molar-refractivity contribution < 1.29 is 0 Å². The van der Waals surface area contributed by atoms with Crippen LogP contribution >= 0.6 is 11.3 Å². The zero-order chi connectivity index (χ0) is 24.6. The van der Waals surface area contributed by atoms with Crippen molar-refractivity contribution in [3.8, 4) is 45.0 Å². The molecule has 0 aliphatic heterocycles. The summed E-state index contributed by atoms with van der Waals surface area (Å²) in [4.78, 5) is 14.5. The molecule has 0 fully saturated rings. The largest absolute Gasteiger partial charge is 0.265 e. The maximum atomic E-state index is 5.19. The number of hydrogen-bond donors (Lipinski definition) is 0. The first kappa shape index (κ1) is 21.6. The molecule has 0 amide bonds. The molecule has 4 heteroatoms. The number of fused-ring (bicyclic) bond motifs is 3. The molecule has 174 valence electrons. The van der Waals surface area contributed by atoms with Gasteiger partial charge in [0.2, 0.25) is 0 Å². The molecule has 0 radical (unpaired) electrons. The number of nitrogens with zero attached hydrogens (tertiary/aromatic N) is 3. The van der Waals surface area contributed by atoms with Gasteiger partial charge in [-0.2, -0.15) is 0 Å². The third kappa shape index (κ3) is 3.88. The molecule has 3 aromatic heterocycles. The van der Waals surface area contributed by atoms with Crippen LogP contribution < -0.4 is 0 Å². The van der Waals surface area contributed by atoms with E-state index < -0.39 is 0 Å². The molecule has 3 nitrogen and oxygen atoms in total. The Bertz CT molecular complexity index is 1880. The number of rotatable bonds is 4. The summed E-state index contributed by atoms with van der Waals surface area (Å²) >= 11 is 1.82. The second-order valence-corrected chi connectivity index (χ2v) is 9.94. The van der Waals surface area contributed by atoms with Crippen molar-refractivity contribution in [3.63, 3.8) is 0 Å². The predicted molar refractivity (Wildman–Crippen MR) is 154 cm³/mol. The van der Waals surface area contributed by atoms with Crippen molar-refractivity contribution in [2.45, 2.75) is 0 Å². The predicted octanol–water partition coefficient (Wildman–Crippen LogP) is 8.91. The lowest BCUT2D eigenvalue weighted by Crippen LogP contribution is -1.97. The molecule has 37 heavy (non-hydrogen) atoms. The van der Waals surface area contributed by atoms with Gasteiger partial charge >= 0.3 is 0 Å². The Morgan fingerprint density at radius 2 is 1.16 bits per heavy atom. The number of hydrogen-bond acceptors (Lipinski definition) is 4. The van der Waals surface area contributed by atoms with Crippen molar-refractivity contribution in [1.29, 1.82) is 0 Å². The summed E-state index contributed by atoms with van der Waals surface area (Å²) in [5, 5.41) is 2.54. The van der Waals surface area contributed by atoms with E-state index in [9.17, 15) is 0 Å². The van der Waals surface area contributed by atoms with Crippen molar-refractivity contribution >= 4 is 31.5 Å². The van der Waals surface area contributed by atoms with E-state index in [1.807, 2.05) is 48.0 Å². The van der Waals surface area contributed by atoms with Crippen LogP contribution in [0.5, 0.6) is 0 Å². The van der Waals surface area contributed by atoms with Crippen LogP contribution in [0, 0.1) is 0 Å². The van der Waals surface area contributed by atoms with Crippen LogP contribution in [0.1, 0.15) is 0 Å². The lowest BCUT2D eigenvalue weighted by atomic mass is 9.99. The van der Waals surface area contributed by atoms with E-state index in [-0.39, 0.29) is 0 Å². The van der Waals surface area contributed by atoms with Gasteiger partial charge in [0.1, 0.15) is 0 Å². The van der Waals surface area contributed by atoms with Gasteiger partial charge < -0.3 is 0 Å². The maximum Gasteiger partial charge on any atom is 0.161 e. The summed E-state index contributed by atoms with van der Waals surface area (Å²) in [6.45, 7) is 0. The average Bonchev–Trinajstić information content (AvgIpc) is 3.37. The van der Waals surface area contributed by atoms with Crippen LogP contribution in [0.4, 0.5) is 0 Å². The maximum absolute atomic E-state index is 5.19. The standard InChI is InChI=1S/C33H21N3S/c1-2-9-23(10-3-1)29-21-30(28-15-8-14-26-25-12-6-7-16-31(25)37-32(26)28)36-33(35-29)27-13-5-4-11-24(27)22-17-19-34-20-18-22/h1-21H. The molecule has 0 aliphatic rings. The molecule has 0 atom stereocenters. The minimum atomic E-state index is 0.710. The molecule has 4 aromatic carbocycles. The topological polar surface area (TPSA) is 38.7 Å². The van der Waals surface area contributed by atoms with E-state index >= 15 is 0 Å². The second-order valence-electron chi connectivity index (χ2n) is 8.89. The molecule has 0 N–H and O–H groups in total.